The number of methoxy groups -OCH3 is 1. The Morgan fingerprint density at radius 3 is 2.77 bits per heavy atom. The van der Waals surface area contributed by atoms with Gasteiger partial charge in [-0.25, -0.2) is 0 Å². The van der Waals surface area contributed by atoms with Crippen LogP contribution in [0, 0.1) is 6.92 Å². The van der Waals surface area contributed by atoms with Gasteiger partial charge in [0, 0.05) is 13.7 Å². The summed E-state index contributed by atoms with van der Waals surface area (Å²) in [5.41, 5.74) is 2.23. The molecule has 2 rings (SSSR count). The van der Waals surface area contributed by atoms with Crippen LogP contribution in [0.3, 0.4) is 0 Å². The number of amides is 2. The summed E-state index contributed by atoms with van der Waals surface area (Å²) >= 11 is 1.56. The van der Waals surface area contributed by atoms with Gasteiger partial charge in [0.15, 0.2) is 0 Å². The fourth-order valence-corrected chi connectivity index (χ4v) is 3.65. The number of nitrogens with zero attached hydrogens (tertiary/aromatic N) is 1. The number of carbonyl (C=O) groups excluding carboxylic acids is 2. The number of nitrogens with one attached hydrogen (secondary N) is 1. The van der Waals surface area contributed by atoms with E-state index in [4.69, 9.17) is 4.74 Å². The van der Waals surface area contributed by atoms with Crippen molar-refractivity contribution in [2.75, 3.05) is 26.0 Å². The van der Waals surface area contributed by atoms with Gasteiger partial charge in [0.2, 0.25) is 11.8 Å². The zero-order chi connectivity index (χ0) is 16.1. The molecule has 1 fully saturated rings. The van der Waals surface area contributed by atoms with Crippen LogP contribution < -0.4 is 5.32 Å². The van der Waals surface area contributed by atoms with Crippen LogP contribution in [0.1, 0.15) is 23.4 Å². The van der Waals surface area contributed by atoms with Gasteiger partial charge in [-0.05, 0) is 19.4 Å². The van der Waals surface area contributed by atoms with Gasteiger partial charge in [-0.1, -0.05) is 29.8 Å². The van der Waals surface area contributed by atoms with Gasteiger partial charge in [-0.3, -0.25) is 9.59 Å². The third kappa shape index (κ3) is 3.81. The summed E-state index contributed by atoms with van der Waals surface area (Å²) in [7, 11) is 1.59. The molecule has 5 nitrogen and oxygen atoms in total. The first kappa shape index (κ1) is 16.8. The molecule has 0 aliphatic carbocycles. The number of carbonyl (C=O) groups is 2. The average Bonchev–Trinajstić information content (AvgIpc) is 2.89. The van der Waals surface area contributed by atoms with Crippen molar-refractivity contribution in [3.63, 3.8) is 0 Å². The molecule has 1 aliphatic rings. The maximum Gasteiger partial charge on any atom is 0.242 e. The van der Waals surface area contributed by atoms with Crippen LogP contribution >= 0.6 is 11.8 Å². The van der Waals surface area contributed by atoms with E-state index in [0.29, 0.717) is 18.9 Å². The summed E-state index contributed by atoms with van der Waals surface area (Å²) in [6.07, 6.45) is 0. The lowest BCUT2D eigenvalue weighted by Crippen LogP contribution is -2.47. The topological polar surface area (TPSA) is 58.6 Å². The molecular weight excluding hydrogens is 300 g/mol. The largest absolute Gasteiger partial charge is 0.383 e. The lowest BCUT2D eigenvalue weighted by Gasteiger charge is -2.29. The van der Waals surface area contributed by atoms with Crippen molar-refractivity contribution in [1.29, 1.82) is 0 Å². The minimum Gasteiger partial charge on any atom is -0.383 e. The van der Waals surface area contributed by atoms with Crippen molar-refractivity contribution in [2.24, 2.45) is 0 Å². The molecule has 2 atom stereocenters. The molecule has 1 heterocycles. The minimum atomic E-state index is -0.495. The molecule has 0 spiro atoms. The molecule has 1 aliphatic heterocycles. The highest BCUT2D eigenvalue weighted by Gasteiger charge is 2.38. The summed E-state index contributed by atoms with van der Waals surface area (Å²) in [4.78, 5) is 26.1. The fraction of sp³-hybridized carbons (Fsp3) is 0.500. The Kier molecular flexibility index (Phi) is 5.85. The number of aryl methyl sites for hydroxylation is 1. The lowest BCUT2D eigenvalue weighted by atomic mass is 10.1. The minimum absolute atomic E-state index is 0.00460. The van der Waals surface area contributed by atoms with Gasteiger partial charge in [-0.2, -0.15) is 0 Å². The van der Waals surface area contributed by atoms with E-state index in [9.17, 15) is 9.59 Å². The molecule has 2 unspecified atom stereocenters. The molecular formula is C16H22N2O3S. The molecule has 2 amide bonds. The molecule has 1 saturated heterocycles. The third-order valence-corrected chi connectivity index (χ3v) is 4.90. The van der Waals surface area contributed by atoms with Crippen LogP contribution in [-0.4, -0.2) is 48.8 Å². The molecule has 6 heteroatoms. The van der Waals surface area contributed by atoms with Crippen molar-refractivity contribution < 1.29 is 14.3 Å². The molecule has 22 heavy (non-hydrogen) atoms. The van der Waals surface area contributed by atoms with Crippen molar-refractivity contribution in [1.82, 2.24) is 10.2 Å². The smallest absolute Gasteiger partial charge is 0.242 e. The van der Waals surface area contributed by atoms with Gasteiger partial charge in [0.25, 0.3) is 0 Å². The van der Waals surface area contributed by atoms with Gasteiger partial charge >= 0.3 is 0 Å². The van der Waals surface area contributed by atoms with Gasteiger partial charge in [0.1, 0.15) is 11.4 Å². The van der Waals surface area contributed by atoms with E-state index in [1.807, 2.05) is 31.2 Å². The zero-order valence-corrected chi connectivity index (χ0v) is 14.0. The second-order valence-electron chi connectivity index (χ2n) is 5.33. The van der Waals surface area contributed by atoms with Crippen LogP contribution in [0.5, 0.6) is 0 Å². The van der Waals surface area contributed by atoms with E-state index in [1.165, 1.54) is 5.56 Å². The first-order valence-corrected chi connectivity index (χ1v) is 8.35. The molecule has 0 radical (unpaired) electrons. The molecule has 1 N–H and O–H groups in total. The van der Waals surface area contributed by atoms with E-state index >= 15 is 0 Å². The highest BCUT2D eigenvalue weighted by atomic mass is 32.2. The highest BCUT2D eigenvalue weighted by Crippen LogP contribution is 2.39. The van der Waals surface area contributed by atoms with Gasteiger partial charge in [-0.15, -0.1) is 11.8 Å². The van der Waals surface area contributed by atoms with Crippen molar-refractivity contribution in [3.8, 4) is 0 Å². The number of benzene rings is 1. The first-order valence-electron chi connectivity index (χ1n) is 7.30. The predicted molar refractivity (Wildman–Crippen MR) is 87.6 cm³/mol. The summed E-state index contributed by atoms with van der Waals surface area (Å²) in [5, 5.41) is 2.69. The summed E-state index contributed by atoms with van der Waals surface area (Å²) in [6.45, 7) is 4.71. The standard InChI is InChI=1S/C16H22N2O3S/c1-11-4-6-13(7-5-11)16-18(14(19)10-22-16)12(2)15(20)17-8-9-21-3/h4-7,12,16H,8-10H2,1-3H3,(H,17,20). The molecule has 0 aromatic heterocycles. The van der Waals surface area contributed by atoms with Crippen LogP contribution in [0.4, 0.5) is 0 Å². The molecule has 1 aromatic carbocycles. The molecule has 0 saturated carbocycles. The summed E-state index contributed by atoms with van der Waals surface area (Å²) in [6, 6.07) is 7.61. The molecule has 0 bridgehead atoms. The van der Waals surface area contributed by atoms with Crippen LogP contribution in [-0.2, 0) is 14.3 Å². The van der Waals surface area contributed by atoms with Crippen molar-refractivity contribution in [3.05, 3.63) is 35.4 Å². The molecule has 1 aromatic rings. The Hall–Kier alpha value is -1.53. The number of rotatable bonds is 6. The fourth-order valence-electron chi connectivity index (χ4n) is 2.39. The molecule has 120 valence electrons. The monoisotopic (exact) mass is 322 g/mol. The maximum absolute atomic E-state index is 12.2. The van der Waals surface area contributed by atoms with E-state index in [2.05, 4.69) is 5.32 Å². The quantitative estimate of drug-likeness (QED) is 0.810. The van der Waals surface area contributed by atoms with Crippen molar-refractivity contribution in [2.45, 2.75) is 25.3 Å². The second-order valence-corrected chi connectivity index (χ2v) is 6.40. The van der Waals surface area contributed by atoms with Crippen LogP contribution in [0.25, 0.3) is 0 Å². The Morgan fingerprint density at radius 1 is 1.45 bits per heavy atom. The normalized spacial score (nSPS) is 19.3. The second kappa shape index (κ2) is 7.65. The van der Waals surface area contributed by atoms with E-state index in [-0.39, 0.29) is 17.2 Å². The van der Waals surface area contributed by atoms with E-state index in [0.717, 1.165) is 5.56 Å². The number of thioether (sulfide) groups is 1. The van der Waals surface area contributed by atoms with Gasteiger partial charge < -0.3 is 15.0 Å². The van der Waals surface area contributed by atoms with E-state index in [1.54, 1.807) is 30.7 Å². The van der Waals surface area contributed by atoms with Crippen molar-refractivity contribution >= 4 is 23.6 Å². The Labute approximate surface area is 135 Å². The number of ether oxygens (including phenoxy) is 1. The number of hydrogen-bond donors (Lipinski definition) is 1. The predicted octanol–water partition coefficient (Wildman–Crippen LogP) is 1.72. The first-order chi connectivity index (χ1) is 10.5. The zero-order valence-electron chi connectivity index (χ0n) is 13.2. The number of hydrogen-bond acceptors (Lipinski definition) is 4. The Bertz CT molecular complexity index is 533. The SMILES string of the molecule is COCCNC(=O)C(C)N1C(=O)CSC1c1ccc(C)cc1. The maximum atomic E-state index is 12.2. The average molecular weight is 322 g/mol. The van der Waals surface area contributed by atoms with Crippen LogP contribution in [0.15, 0.2) is 24.3 Å². The van der Waals surface area contributed by atoms with Crippen LogP contribution in [0.2, 0.25) is 0 Å². The Balaban J connectivity index is 2.10. The summed E-state index contributed by atoms with van der Waals surface area (Å²) < 4.78 is 4.92. The lowest BCUT2D eigenvalue weighted by molar-refractivity contribution is -0.137. The Morgan fingerprint density at radius 2 is 2.14 bits per heavy atom. The van der Waals surface area contributed by atoms with Gasteiger partial charge in [0.05, 0.1) is 12.4 Å². The third-order valence-electron chi connectivity index (χ3n) is 3.67. The summed E-state index contributed by atoms with van der Waals surface area (Å²) in [5.74, 6) is 0.267. The highest BCUT2D eigenvalue weighted by molar-refractivity contribution is 8.00. The van der Waals surface area contributed by atoms with E-state index < -0.39 is 6.04 Å².